The Hall–Kier alpha value is 0.0700. The Morgan fingerprint density at radius 2 is 1.62 bits per heavy atom. The lowest BCUT2D eigenvalue weighted by Crippen LogP contribution is -2.00. The Balaban J connectivity index is 2.81. The summed E-state index contributed by atoms with van der Waals surface area (Å²) in [6.07, 6.45) is 0. The predicted octanol–water partition coefficient (Wildman–Crippen LogP) is 2.01. The van der Waals surface area contributed by atoms with E-state index in [1.165, 1.54) is 0 Å². The standard InChI is InChI=1S/C7H13N2OP3/c1-8(11)6-2-4-7(5-3-6)9(12)13-10/h2-5,10,13H,11-12H2,1H3. The number of hydrogen-bond donors (Lipinski definition) is 1. The van der Waals surface area contributed by atoms with Crippen LogP contribution in [0.1, 0.15) is 0 Å². The first-order chi connectivity index (χ1) is 6.15. The van der Waals surface area contributed by atoms with Gasteiger partial charge in [0.05, 0.1) is 0 Å². The molecule has 3 nitrogen and oxygen atoms in total. The third kappa shape index (κ3) is 3.04. The van der Waals surface area contributed by atoms with E-state index >= 15 is 0 Å². The van der Waals surface area contributed by atoms with Crippen LogP contribution in [0.5, 0.6) is 0 Å². The zero-order valence-corrected chi connectivity index (χ0v) is 10.6. The molecule has 13 heavy (non-hydrogen) atoms. The van der Waals surface area contributed by atoms with Crippen molar-refractivity contribution in [1.29, 1.82) is 0 Å². The molecule has 3 atom stereocenters. The molecule has 0 bridgehead atoms. The average Bonchev–Trinajstić information content (AvgIpc) is 2.17. The van der Waals surface area contributed by atoms with Crippen LogP contribution in [-0.2, 0) is 0 Å². The average molecular weight is 234 g/mol. The summed E-state index contributed by atoms with van der Waals surface area (Å²) in [6, 6.07) is 7.93. The van der Waals surface area contributed by atoms with Crippen LogP contribution in [0.15, 0.2) is 24.3 Å². The first kappa shape index (κ1) is 11.1. The lowest BCUT2D eigenvalue weighted by molar-refractivity contribution is 0.648. The maximum absolute atomic E-state index is 8.89. The molecular formula is C7H13N2OP3. The van der Waals surface area contributed by atoms with E-state index in [9.17, 15) is 0 Å². The van der Waals surface area contributed by atoms with Gasteiger partial charge in [-0.1, -0.05) is 0 Å². The zero-order valence-electron chi connectivity index (χ0n) is 7.31. The van der Waals surface area contributed by atoms with Crippen molar-refractivity contribution in [2.75, 3.05) is 16.2 Å². The van der Waals surface area contributed by atoms with Crippen LogP contribution in [0.25, 0.3) is 0 Å². The Morgan fingerprint density at radius 3 is 2.00 bits per heavy atom. The number of nitrogens with zero attached hydrogens (tertiary/aromatic N) is 2. The Kier molecular flexibility index (Phi) is 4.35. The molecule has 0 aliphatic heterocycles. The molecule has 0 saturated heterocycles. The van der Waals surface area contributed by atoms with E-state index in [2.05, 4.69) is 18.8 Å². The number of benzene rings is 1. The molecule has 1 rings (SSSR count). The molecule has 0 aliphatic carbocycles. The molecule has 1 aromatic rings. The summed E-state index contributed by atoms with van der Waals surface area (Å²) in [7, 11) is 6.80. The zero-order chi connectivity index (χ0) is 9.84. The first-order valence-corrected chi connectivity index (χ1v) is 5.61. The quantitative estimate of drug-likeness (QED) is 0.810. The summed E-state index contributed by atoms with van der Waals surface area (Å²) in [5.74, 6) is 0. The maximum Gasteiger partial charge on any atom is 0.117 e. The number of hydrogen-bond acceptors (Lipinski definition) is 3. The van der Waals surface area contributed by atoms with Gasteiger partial charge in [0, 0.05) is 18.4 Å². The van der Waals surface area contributed by atoms with E-state index in [4.69, 9.17) is 4.89 Å². The number of rotatable bonds is 3. The summed E-state index contributed by atoms with van der Waals surface area (Å²) >= 11 is 0. The van der Waals surface area contributed by atoms with Crippen molar-refractivity contribution in [3.05, 3.63) is 24.3 Å². The molecule has 3 unspecified atom stereocenters. The van der Waals surface area contributed by atoms with E-state index in [-0.39, 0.29) is 8.96 Å². The van der Waals surface area contributed by atoms with Gasteiger partial charge in [0.15, 0.2) is 0 Å². The van der Waals surface area contributed by atoms with Crippen molar-refractivity contribution in [2.24, 2.45) is 0 Å². The van der Waals surface area contributed by atoms with Gasteiger partial charge in [-0.25, -0.2) is 0 Å². The molecule has 1 N–H and O–H groups in total. The van der Waals surface area contributed by atoms with E-state index in [1.807, 2.05) is 36.0 Å². The van der Waals surface area contributed by atoms with Gasteiger partial charge < -0.3 is 14.0 Å². The monoisotopic (exact) mass is 234 g/mol. The molecule has 1 aromatic carbocycles. The van der Waals surface area contributed by atoms with Crippen LogP contribution < -0.4 is 9.11 Å². The summed E-state index contributed by atoms with van der Waals surface area (Å²) in [6.45, 7) is 0. The molecule has 0 aromatic heterocycles. The van der Waals surface area contributed by atoms with Crippen molar-refractivity contribution in [3.8, 4) is 0 Å². The smallest absolute Gasteiger partial charge is 0.117 e. The van der Waals surface area contributed by atoms with Crippen molar-refractivity contribution in [1.82, 2.24) is 0 Å². The van der Waals surface area contributed by atoms with Crippen molar-refractivity contribution in [3.63, 3.8) is 0 Å². The normalized spacial score (nSPS) is 10.8. The van der Waals surface area contributed by atoms with Gasteiger partial charge in [0.1, 0.15) is 8.96 Å². The highest BCUT2D eigenvalue weighted by molar-refractivity contribution is 7.47. The third-order valence-electron chi connectivity index (χ3n) is 1.64. The van der Waals surface area contributed by atoms with E-state index in [1.54, 1.807) is 4.44 Å². The minimum absolute atomic E-state index is 0.222. The molecule has 0 saturated carbocycles. The van der Waals surface area contributed by atoms with Crippen LogP contribution in [0.3, 0.4) is 0 Å². The highest BCUT2D eigenvalue weighted by Gasteiger charge is 1.99. The van der Waals surface area contributed by atoms with Crippen LogP contribution in [0.4, 0.5) is 11.4 Å². The topological polar surface area (TPSA) is 26.7 Å². The highest BCUT2D eigenvalue weighted by atomic mass is 31.1. The molecule has 0 amide bonds. The molecule has 0 aliphatic rings. The minimum Gasteiger partial charge on any atom is -0.359 e. The Morgan fingerprint density at radius 1 is 1.15 bits per heavy atom. The van der Waals surface area contributed by atoms with Crippen LogP contribution in [-0.4, -0.2) is 11.9 Å². The second kappa shape index (κ2) is 5.08. The first-order valence-electron chi connectivity index (χ1n) is 3.68. The van der Waals surface area contributed by atoms with Crippen LogP contribution >= 0.6 is 27.7 Å². The summed E-state index contributed by atoms with van der Waals surface area (Å²) in [4.78, 5) is 8.89. The highest BCUT2D eigenvalue weighted by Crippen LogP contribution is 2.30. The van der Waals surface area contributed by atoms with E-state index < -0.39 is 0 Å². The van der Waals surface area contributed by atoms with Gasteiger partial charge in [-0.3, -0.25) is 0 Å². The molecule has 72 valence electrons. The largest absolute Gasteiger partial charge is 0.359 e. The van der Waals surface area contributed by atoms with Crippen LogP contribution in [0.2, 0.25) is 0 Å². The Bertz CT molecular complexity index is 265. The maximum atomic E-state index is 8.89. The molecule has 0 radical (unpaired) electrons. The summed E-state index contributed by atoms with van der Waals surface area (Å²) in [5, 5.41) is 0. The SMILES string of the molecule is CN(P)c1ccc(N(P)PO)cc1. The molecule has 0 fully saturated rings. The minimum atomic E-state index is -0.222. The van der Waals surface area contributed by atoms with Gasteiger partial charge in [-0.05, 0) is 43.0 Å². The third-order valence-corrected chi connectivity index (χ3v) is 3.06. The van der Waals surface area contributed by atoms with Crippen LogP contribution in [0, 0.1) is 0 Å². The van der Waals surface area contributed by atoms with Gasteiger partial charge >= 0.3 is 0 Å². The van der Waals surface area contributed by atoms with Crippen molar-refractivity contribution < 1.29 is 4.89 Å². The molecular weight excluding hydrogens is 221 g/mol. The van der Waals surface area contributed by atoms with Gasteiger partial charge in [-0.2, -0.15) is 0 Å². The van der Waals surface area contributed by atoms with Crippen molar-refractivity contribution >= 4 is 39.1 Å². The summed E-state index contributed by atoms with van der Waals surface area (Å²) < 4.78 is 3.67. The fourth-order valence-corrected chi connectivity index (χ4v) is 1.51. The van der Waals surface area contributed by atoms with Gasteiger partial charge in [0.2, 0.25) is 0 Å². The molecule has 0 spiro atoms. The van der Waals surface area contributed by atoms with Gasteiger partial charge in [-0.15, -0.1) is 0 Å². The molecule has 0 heterocycles. The second-order valence-electron chi connectivity index (χ2n) is 2.60. The lowest BCUT2D eigenvalue weighted by atomic mass is 10.3. The second-order valence-corrected chi connectivity index (χ2v) is 5.09. The van der Waals surface area contributed by atoms with E-state index in [0.29, 0.717) is 0 Å². The predicted molar refractivity (Wildman–Crippen MR) is 67.3 cm³/mol. The van der Waals surface area contributed by atoms with Gasteiger partial charge in [0.25, 0.3) is 0 Å². The molecule has 6 heteroatoms. The fraction of sp³-hybridized carbons (Fsp3) is 0.143. The van der Waals surface area contributed by atoms with Crippen molar-refractivity contribution in [2.45, 2.75) is 0 Å². The Labute approximate surface area is 84.9 Å². The fourth-order valence-electron chi connectivity index (χ4n) is 0.906. The number of anilines is 2. The lowest BCUT2D eigenvalue weighted by Gasteiger charge is -2.17. The summed E-state index contributed by atoms with van der Waals surface area (Å²) in [5.41, 5.74) is 2.11. The van der Waals surface area contributed by atoms with E-state index in [0.717, 1.165) is 11.4 Å².